The van der Waals surface area contributed by atoms with Gasteiger partial charge in [0.05, 0.1) is 0 Å². The third-order valence-electron chi connectivity index (χ3n) is 9.03. The van der Waals surface area contributed by atoms with Crippen molar-refractivity contribution in [2.75, 3.05) is 4.27 Å². The van der Waals surface area contributed by atoms with Gasteiger partial charge in [-0.25, -0.2) is 0 Å². The third-order valence-corrected chi connectivity index (χ3v) is 11.5. The Morgan fingerprint density at radius 3 is 0.955 bits per heavy atom. The van der Waals surface area contributed by atoms with E-state index in [-0.39, 0.29) is 0 Å². The molecule has 0 unspecified atom stereocenters. The normalized spacial score (nSPS) is 12.0. The molecule has 0 spiro atoms. The van der Waals surface area contributed by atoms with Crippen LogP contribution in [0.25, 0.3) is 22.3 Å². The maximum atomic E-state index is 4.20. The number of rotatable bonds is 11. The van der Waals surface area contributed by atoms with Crippen LogP contribution in [0.3, 0.4) is 0 Å². The Balaban J connectivity index is 2.10. The predicted molar refractivity (Wildman–Crippen MR) is 197 cm³/mol. The van der Waals surface area contributed by atoms with E-state index in [0.29, 0.717) is 35.5 Å². The van der Waals surface area contributed by atoms with Crippen LogP contribution in [0.15, 0.2) is 72.8 Å². The van der Waals surface area contributed by atoms with Crippen LogP contribution in [0.1, 0.15) is 152 Å². The summed E-state index contributed by atoms with van der Waals surface area (Å²) in [6.07, 6.45) is 0. The van der Waals surface area contributed by atoms with Crippen LogP contribution in [0, 0.1) is 0 Å². The molecule has 0 fully saturated rings. The molecule has 1 N–H and O–H groups in total. The minimum absolute atomic E-state index is 0.441. The predicted octanol–water partition coefficient (Wildman–Crippen LogP) is 12.1. The van der Waals surface area contributed by atoms with Gasteiger partial charge in [0, 0.05) is 0 Å². The first-order chi connectivity index (χ1) is 20.8. The summed E-state index contributed by atoms with van der Waals surface area (Å²) in [5.74, 6) is 2.68. The SMILES string of the molecule is CC(C)c1cccc(C(C)C)c1[NH][Ge][c]1c(-c2c(C(C)C)cccc2C(C)C)cccc1-c1c(C(C)C)cccc1C(C)C. The van der Waals surface area contributed by atoms with Crippen molar-refractivity contribution >= 4 is 25.7 Å². The zero-order chi connectivity index (χ0) is 32.3. The summed E-state index contributed by atoms with van der Waals surface area (Å²) < 4.78 is 5.72. The van der Waals surface area contributed by atoms with Crippen LogP contribution in [0.4, 0.5) is 5.69 Å². The first kappa shape index (κ1) is 34.1. The van der Waals surface area contributed by atoms with Crippen molar-refractivity contribution in [3.8, 4) is 22.3 Å². The van der Waals surface area contributed by atoms with Crippen molar-refractivity contribution < 1.29 is 0 Å². The molecule has 0 aliphatic carbocycles. The second-order valence-electron chi connectivity index (χ2n) is 14.3. The fourth-order valence-corrected chi connectivity index (χ4v) is 9.22. The number of benzene rings is 4. The zero-order valence-corrected chi connectivity index (χ0v) is 31.5. The summed E-state index contributed by atoms with van der Waals surface area (Å²) >= 11 is -0.800. The Bertz CT molecular complexity index is 1410. The van der Waals surface area contributed by atoms with Crippen LogP contribution >= 0.6 is 0 Å². The molecule has 232 valence electrons. The van der Waals surface area contributed by atoms with Crippen molar-refractivity contribution in [3.63, 3.8) is 0 Å². The molecular formula is C42H55GeN. The quantitative estimate of drug-likeness (QED) is 0.160. The summed E-state index contributed by atoms with van der Waals surface area (Å²) in [4.78, 5) is 0. The second-order valence-corrected chi connectivity index (χ2v) is 16.4. The van der Waals surface area contributed by atoms with Gasteiger partial charge in [-0.1, -0.05) is 0 Å². The van der Waals surface area contributed by atoms with Gasteiger partial charge < -0.3 is 0 Å². The molecule has 0 aliphatic rings. The van der Waals surface area contributed by atoms with E-state index in [4.69, 9.17) is 0 Å². The van der Waals surface area contributed by atoms with Crippen LogP contribution in [-0.4, -0.2) is 15.7 Å². The molecular weight excluding hydrogens is 591 g/mol. The molecule has 0 aliphatic heterocycles. The summed E-state index contributed by atoms with van der Waals surface area (Å²) in [5.41, 5.74) is 15.8. The van der Waals surface area contributed by atoms with Gasteiger partial charge in [0.1, 0.15) is 0 Å². The minimum atomic E-state index is -0.800. The fourth-order valence-electron chi connectivity index (χ4n) is 6.65. The van der Waals surface area contributed by atoms with E-state index in [1.807, 2.05) is 0 Å². The standard InChI is InChI=1S/C42H55GeN/c1-25(2)31-17-13-18-32(26(3)4)39(31)37-23-16-24-38(40-33(27(5)6)19-14-20-34(40)28(7)8)41(37)43-44-42-35(29(9)10)21-15-22-36(42)30(11)12/h13-30,44H,1-12H3. The summed E-state index contributed by atoms with van der Waals surface area (Å²) in [5, 5.41) is 0. The number of para-hydroxylation sites is 1. The average molecular weight is 647 g/mol. The summed E-state index contributed by atoms with van der Waals surface area (Å²) in [7, 11) is 0. The van der Waals surface area contributed by atoms with Gasteiger partial charge in [-0.2, -0.15) is 0 Å². The van der Waals surface area contributed by atoms with Gasteiger partial charge in [0.2, 0.25) is 0 Å². The van der Waals surface area contributed by atoms with E-state index in [1.165, 1.54) is 65.7 Å². The van der Waals surface area contributed by atoms with E-state index < -0.39 is 15.7 Å². The third kappa shape index (κ3) is 7.04. The van der Waals surface area contributed by atoms with Gasteiger partial charge in [0.15, 0.2) is 0 Å². The van der Waals surface area contributed by atoms with E-state index in [2.05, 4.69) is 160 Å². The van der Waals surface area contributed by atoms with Gasteiger partial charge >= 0.3 is 277 Å². The van der Waals surface area contributed by atoms with E-state index in [0.717, 1.165) is 0 Å². The first-order valence-electron chi connectivity index (χ1n) is 16.9. The van der Waals surface area contributed by atoms with E-state index in [9.17, 15) is 0 Å². The van der Waals surface area contributed by atoms with Crippen molar-refractivity contribution in [1.82, 2.24) is 0 Å². The van der Waals surface area contributed by atoms with Gasteiger partial charge in [-0.3, -0.25) is 0 Å². The Morgan fingerprint density at radius 1 is 0.386 bits per heavy atom. The molecule has 44 heavy (non-hydrogen) atoms. The molecule has 4 aromatic rings. The number of nitrogens with one attached hydrogen (secondary N) is 1. The van der Waals surface area contributed by atoms with Crippen LogP contribution in [0.5, 0.6) is 0 Å². The van der Waals surface area contributed by atoms with Gasteiger partial charge in [-0.05, 0) is 0 Å². The topological polar surface area (TPSA) is 12.0 Å². The molecule has 0 heterocycles. The fraction of sp³-hybridized carbons (Fsp3) is 0.429. The molecule has 2 heteroatoms. The van der Waals surface area contributed by atoms with Gasteiger partial charge in [-0.15, -0.1) is 0 Å². The Labute approximate surface area is 276 Å². The van der Waals surface area contributed by atoms with E-state index >= 15 is 0 Å². The zero-order valence-electron chi connectivity index (χ0n) is 29.4. The molecule has 2 radical (unpaired) electrons. The van der Waals surface area contributed by atoms with Gasteiger partial charge in [0.25, 0.3) is 0 Å². The second kappa shape index (κ2) is 14.5. The molecule has 4 rings (SSSR count). The van der Waals surface area contributed by atoms with Crippen molar-refractivity contribution in [1.29, 1.82) is 0 Å². The maximum absolute atomic E-state index is 4.20. The van der Waals surface area contributed by atoms with Crippen molar-refractivity contribution in [2.24, 2.45) is 0 Å². The number of hydrogen-bond donors (Lipinski definition) is 1. The Hall–Kier alpha value is -2.78. The Morgan fingerprint density at radius 2 is 0.659 bits per heavy atom. The van der Waals surface area contributed by atoms with Crippen LogP contribution in [0.2, 0.25) is 0 Å². The number of anilines is 1. The molecule has 0 atom stereocenters. The summed E-state index contributed by atoms with van der Waals surface area (Å²) in [6, 6.07) is 28.1. The average Bonchev–Trinajstić information content (AvgIpc) is 2.98. The monoisotopic (exact) mass is 647 g/mol. The van der Waals surface area contributed by atoms with Crippen molar-refractivity contribution in [3.05, 3.63) is 106 Å². The molecule has 0 saturated carbocycles. The molecule has 0 saturated heterocycles. The van der Waals surface area contributed by atoms with Crippen LogP contribution in [-0.2, 0) is 0 Å². The number of hydrogen-bond acceptors (Lipinski definition) is 1. The molecule has 1 nitrogen and oxygen atoms in total. The molecule has 0 aromatic heterocycles. The molecule has 0 amide bonds. The van der Waals surface area contributed by atoms with Crippen molar-refractivity contribution in [2.45, 2.75) is 119 Å². The first-order valence-corrected chi connectivity index (χ1v) is 19.0. The Kier molecular flexibility index (Phi) is 11.3. The summed E-state index contributed by atoms with van der Waals surface area (Å²) in [6.45, 7) is 28.1. The van der Waals surface area contributed by atoms with E-state index in [1.54, 1.807) is 0 Å². The molecule has 0 bridgehead atoms. The molecule has 4 aromatic carbocycles. The van der Waals surface area contributed by atoms with Crippen LogP contribution < -0.4 is 8.67 Å².